The third kappa shape index (κ3) is 2.07. The first-order valence-electron chi connectivity index (χ1n) is 5.62. The number of nitrogens with zero attached hydrogens (tertiary/aromatic N) is 3. The van der Waals surface area contributed by atoms with Gasteiger partial charge in [0.25, 0.3) is 0 Å². The van der Waals surface area contributed by atoms with Crippen LogP contribution in [0, 0.1) is 10.7 Å². The lowest BCUT2D eigenvalue weighted by atomic mass is 10.00. The summed E-state index contributed by atoms with van der Waals surface area (Å²) in [6, 6.07) is 0. The Bertz CT molecular complexity index is 373. The highest BCUT2D eigenvalue weighted by atomic mass is 32.1. The fourth-order valence-electron chi connectivity index (χ4n) is 2.04. The maximum atomic E-state index is 5.18. The van der Waals surface area contributed by atoms with Crippen molar-refractivity contribution in [3.8, 4) is 0 Å². The van der Waals surface area contributed by atoms with Crippen LogP contribution in [-0.4, -0.2) is 27.9 Å². The van der Waals surface area contributed by atoms with Crippen molar-refractivity contribution in [1.82, 2.24) is 14.8 Å². The van der Waals surface area contributed by atoms with E-state index in [4.69, 9.17) is 12.2 Å². The highest BCUT2D eigenvalue weighted by Crippen LogP contribution is 2.21. The Kier molecular flexibility index (Phi) is 3.09. The van der Waals surface area contributed by atoms with E-state index in [9.17, 15) is 0 Å². The number of piperidine rings is 1. The highest BCUT2D eigenvalue weighted by molar-refractivity contribution is 7.71. The van der Waals surface area contributed by atoms with Crippen molar-refractivity contribution >= 4 is 18.2 Å². The Morgan fingerprint density at radius 2 is 2.13 bits per heavy atom. The van der Waals surface area contributed by atoms with Gasteiger partial charge in [-0.1, -0.05) is 6.92 Å². The zero-order valence-electron chi connectivity index (χ0n) is 9.36. The van der Waals surface area contributed by atoms with Crippen molar-refractivity contribution < 1.29 is 0 Å². The lowest BCUT2D eigenvalue weighted by molar-refractivity contribution is 0.431. The van der Waals surface area contributed by atoms with Crippen LogP contribution in [-0.2, 0) is 6.54 Å². The molecule has 0 aromatic carbocycles. The van der Waals surface area contributed by atoms with Crippen molar-refractivity contribution in [2.45, 2.75) is 33.2 Å². The minimum Gasteiger partial charge on any atom is -0.341 e. The summed E-state index contributed by atoms with van der Waals surface area (Å²) in [5, 5.41) is 7.18. The number of aromatic amines is 1. The van der Waals surface area contributed by atoms with Gasteiger partial charge in [-0.05, 0) is 37.9 Å². The molecule has 0 saturated carbocycles. The fourth-order valence-corrected chi connectivity index (χ4v) is 2.30. The second-order valence-corrected chi connectivity index (χ2v) is 4.63. The monoisotopic (exact) mass is 226 g/mol. The van der Waals surface area contributed by atoms with Crippen molar-refractivity contribution in [3.05, 3.63) is 4.77 Å². The molecular weight excluding hydrogens is 208 g/mol. The summed E-state index contributed by atoms with van der Waals surface area (Å²) in [6.45, 7) is 7.49. The van der Waals surface area contributed by atoms with Crippen LogP contribution in [0.15, 0.2) is 0 Å². The van der Waals surface area contributed by atoms with Crippen molar-refractivity contribution in [2.24, 2.45) is 5.92 Å². The SMILES string of the molecule is CCn1c(N2CCC(C)CC2)n[nH]c1=S. The number of hydrogen-bond donors (Lipinski definition) is 1. The summed E-state index contributed by atoms with van der Waals surface area (Å²) in [5.41, 5.74) is 0. The molecule has 0 unspecified atom stereocenters. The molecule has 0 atom stereocenters. The topological polar surface area (TPSA) is 36.9 Å². The molecule has 15 heavy (non-hydrogen) atoms. The molecule has 1 aliphatic rings. The van der Waals surface area contributed by atoms with E-state index < -0.39 is 0 Å². The van der Waals surface area contributed by atoms with E-state index in [0.717, 1.165) is 36.3 Å². The Hall–Kier alpha value is -0.840. The molecule has 0 radical (unpaired) electrons. The lowest BCUT2D eigenvalue weighted by Gasteiger charge is -2.30. The van der Waals surface area contributed by atoms with Crippen LogP contribution in [0.3, 0.4) is 0 Å². The average Bonchev–Trinajstić information content (AvgIpc) is 2.61. The van der Waals surface area contributed by atoms with Gasteiger partial charge in [-0.2, -0.15) is 0 Å². The molecule has 1 aromatic heterocycles. The van der Waals surface area contributed by atoms with Crippen LogP contribution in [0.25, 0.3) is 0 Å². The lowest BCUT2D eigenvalue weighted by Crippen LogP contribution is -2.34. The molecule has 84 valence electrons. The first-order valence-corrected chi connectivity index (χ1v) is 6.03. The first-order chi connectivity index (χ1) is 7.22. The van der Waals surface area contributed by atoms with Crippen molar-refractivity contribution in [2.75, 3.05) is 18.0 Å². The predicted molar refractivity (Wildman–Crippen MR) is 63.7 cm³/mol. The molecule has 1 aromatic rings. The zero-order valence-corrected chi connectivity index (χ0v) is 10.2. The summed E-state index contributed by atoms with van der Waals surface area (Å²) in [5.74, 6) is 1.85. The summed E-state index contributed by atoms with van der Waals surface area (Å²) in [6.07, 6.45) is 2.51. The molecular formula is C10H18N4S. The smallest absolute Gasteiger partial charge is 0.225 e. The van der Waals surface area contributed by atoms with Crippen LogP contribution in [0.4, 0.5) is 5.95 Å². The second kappa shape index (κ2) is 4.35. The van der Waals surface area contributed by atoms with Gasteiger partial charge in [-0.25, -0.2) is 5.10 Å². The molecule has 1 N–H and O–H groups in total. The van der Waals surface area contributed by atoms with Gasteiger partial charge in [0, 0.05) is 19.6 Å². The molecule has 2 rings (SSSR count). The fraction of sp³-hybridized carbons (Fsp3) is 0.800. The van der Waals surface area contributed by atoms with E-state index in [-0.39, 0.29) is 0 Å². The Morgan fingerprint density at radius 3 is 2.73 bits per heavy atom. The van der Waals surface area contributed by atoms with Gasteiger partial charge in [0.2, 0.25) is 5.95 Å². The molecule has 0 bridgehead atoms. The van der Waals surface area contributed by atoms with Crippen LogP contribution in [0.1, 0.15) is 26.7 Å². The van der Waals surface area contributed by atoms with Crippen molar-refractivity contribution in [1.29, 1.82) is 0 Å². The highest BCUT2D eigenvalue weighted by Gasteiger charge is 2.19. The van der Waals surface area contributed by atoms with Gasteiger partial charge >= 0.3 is 0 Å². The second-order valence-electron chi connectivity index (χ2n) is 4.24. The normalized spacial score (nSPS) is 18.4. The van der Waals surface area contributed by atoms with Crippen LogP contribution < -0.4 is 4.90 Å². The van der Waals surface area contributed by atoms with Gasteiger partial charge in [-0.15, -0.1) is 5.10 Å². The predicted octanol–water partition coefficient (Wildman–Crippen LogP) is 2.20. The molecule has 0 aliphatic carbocycles. The Labute approximate surface area is 95.3 Å². The van der Waals surface area contributed by atoms with E-state index in [0.29, 0.717) is 0 Å². The maximum Gasteiger partial charge on any atom is 0.225 e. The van der Waals surface area contributed by atoms with Crippen LogP contribution in [0.2, 0.25) is 0 Å². The standard InChI is InChI=1S/C10H18N4S/c1-3-14-9(11-12-10(14)15)13-6-4-8(2)5-7-13/h8H,3-7H2,1-2H3,(H,12,15). The summed E-state index contributed by atoms with van der Waals surface area (Å²) in [7, 11) is 0. The number of anilines is 1. The quantitative estimate of drug-likeness (QED) is 0.785. The van der Waals surface area contributed by atoms with Gasteiger partial charge in [0.05, 0.1) is 0 Å². The van der Waals surface area contributed by atoms with Gasteiger partial charge in [-0.3, -0.25) is 4.57 Å². The average molecular weight is 226 g/mol. The summed E-state index contributed by atoms with van der Waals surface area (Å²) in [4.78, 5) is 2.33. The molecule has 0 spiro atoms. The number of H-pyrrole nitrogens is 1. The number of hydrogen-bond acceptors (Lipinski definition) is 3. The van der Waals surface area contributed by atoms with Gasteiger partial charge in [0.15, 0.2) is 4.77 Å². The number of nitrogens with one attached hydrogen (secondary N) is 1. The number of rotatable bonds is 2. The van der Waals surface area contributed by atoms with Crippen LogP contribution in [0.5, 0.6) is 0 Å². The molecule has 5 heteroatoms. The molecule has 0 amide bonds. The Balaban J connectivity index is 2.19. The molecule has 1 saturated heterocycles. The molecule has 1 fully saturated rings. The van der Waals surface area contributed by atoms with Gasteiger partial charge in [0.1, 0.15) is 0 Å². The van der Waals surface area contributed by atoms with Gasteiger partial charge < -0.3 is 4.90 Å². The molecule has 2 heterocycles. The van der Waals surface area contributed by atoms with E-state index in [1.165, 1.54) is 12.8 Å². The minimum atomic E-state index is 0.728. The van der Waals surface area contributed by atoms with E-state index in [1.807, 2.05) is 0 Å². The molecule has 4 nitrogen and oxygen atoms in total. The largest absolute Gasteiger partial charge is 0.341 e. The minimum absolute atomic E-state index is 0.728. The van der Waals surface area contributed by atoms with Crippen LogP contribution >= 0.6 is 12.2 Å². The van der Waals surface area contributed by atoms with E-state index >= 15 is 0 Å². The van der Waals surface area contributed by atoms with Crippen molar-refractivity contribution in [3.63, 3.8) is 0 Å². The zero-order chi connectivity index (χ0) is 10.8. The maximum absolute atomic E-state index is 5.18. The summed E-state index contributed by atoms with van der Waals surface area (Å²) < 4.78 is 2.79. The Morgan fingerprint density at radius 1 is 1.47 bits per heavy atom. The third-order valence-corrected chi connectivity index (χ3v) is 3.43. The number of aromatic nitrogens is 3. The third-order valence-electron chi connectivity index (χ3n) is 3.12. The first kappa shape index (κ1) is 10.7. The van der Waals surface area contributed by atoms with E-state index in [1.54, 1.807) is 0 Å². The summed E-state index contributed by atoms with van der Waals surface area (Å²) >= 11 is 5.18. The molecule has 1 aliphatic heterocycles. The van der Waals surface area contributed by atoms with E-state index in [2.05, 4.69) is 33.5 Å².